The van der Waals surface area contributed by atoms with Crippen molar-refractivity contribution < 1.29 is 14.7 Å². The zero-order chi connectivity index (χ0) is 13.5. The van der Waals surface area contributed by atoms with E-state index >= 15 is 0 Å². The molecule has 0 spiro atoms. The first-order valence-electron chi connectivity index (χ1n) is 6.31. The van der Waals surface area contributed by atoms with E-state index in [0.29, 0.717) is 13.0 Å². The van der Waals surface area contributed by atoms with E-state index in [1.165, 1.54) is 0 Å². The zero-order valence-corrected chi connectivity index (χ0v) is 10.7. The second kappa shape index (κ2) is 4.27. The normalized spacial score (nSPS) is 28.3. The van der Waals surface area contributed by atoms with Gasteiger partial charge in [0.1, 0.15) is 0 Å². The van der Waals surface area contributed by atoms with Gasteiger partial charge < -0.3 is 10.0 Å². The number of amides is 1. The largest absolute Gasteiger partial charge is 0.481 e. The van der Waals surface area contributed by atoms with Crippen molar-refractivity contribution in [1.82, 2.24) is 4.90 Å². The van der Waals surface area contributed by atoms with Gasteiger partial charge in [0.2, 0.25) is 5.91 Å². The van der Waals surface area contributed by atoms with Crippen LogP contribution in [0.5, 0.6) is 0 Å². The van der Waals surface area contributed by atoms with Crippen LogP contribution in [0.2, 0.25) is 0 Å². The van der Waals surface area contributed by atoms with Crippen molar-refractivity contribution in [3.8, 4) is 6.07 Å². The third kappa shape index (κ3) is 2.07. The van der Waals surface area contributed by atoms with Crippen LogP contribution >= 0.6 is 0 Å². The van der Waals surface area contributed by atoms with Crippen molar-refractivity contribution in [3.63, 3.8) is 0 Å². The van der Waals surface area contributed by atoms with E-state index in [0.717, 1.165) is 12.8 Å². The molecule has 0 aliphatic heterocycles. The minimum atomic E-state index is -0.894. The zero-order valence-electron chi connectivity index (χ0n) is 10.7. The Hall–Kier alpha value is -1.57. The number of rotatable bonds is 5. The van der Waals surface area contributed by atoms with Gasteiger partial charge in [-0.15, -0.1) is 0 Å². The van der Waals surface area contributed by atoms with Crippen LogP contribution in [0.4, 0.5) is 0 Å². The Bertz CT molecular complexity index is 420. The van der Waals surface area contributed by atoms with E-state index in [1.807, 2.05) is 19.9 Å². The number of carboxylic acid groups (broad SMARTS) is 1. The molecule has 1 amide bonds. The smallest absolute Gasteiger partial charge is 0.307 e. The van der Waals surface area contributed by atoms with Crippen LogP contribution in [0.25, 0.3) is 0 Å². The van der Waals surface area contributed by atoms with Gasteiger partial charge in [0.05, 0.1) is 24.3 Å². The standard InChI is InChI=1S/C13H18N2O3/c1-13(2)9(10(13)12(17)18)11(16)15(7-3-6-14)8-4-5-8/h8-10H,3-5,7H2,1-2H3,(H,17,18). The quantitative estimate of drug-likeness (QED) is 0.796. The van der Waals surface area contributed by atoms with Crippen LogP contribution in [-0.2, 0) is 9.59 Å². The molecule has 0 saturated heterocycles. The molecule has 5 nitrogen and oxygen atoms in total. The molecule has 0 bridgehead atoms. The predicted octanol–water partition coefficient (Wildman–Crippen LogP) is 1.25. The third-order valence-electron chi connectivity index (χ3n) is 4.09. The van der Waals surface area contributed by atoms with Gasteiger partial charge in [0.25, 0.3) is 0 Å². The van der Waals surface area contributed by atoms with Crippen LogP contribution in [0.3, 0.4) is 0 Å². The Kier molecular flexibility index (Phi) is 3.05. The van der Waals surface area contributed by atoms with Gasteiger partial charge in [0.15, 0.2) is 0 Å². The average molecular weight is 250 g/mol. The predicted molar refractivity (Wildman–Crippen MR) is 63.4 cm³/mol. The molecule has 98 valence electrons. The number of carboxylic acids is 1. The molecule has 2 saturated carbocycles. The van der Waals surface area contributed by atoms with Crippen LogP contribution in [0.1, 0.15) is 33.1 Å². The second-order valence-corrected chi connectivity index (χ2v) is 5.79. The lowest BCUT2D eigenvalue weighted by atomic mass is 10.1. The lowest BCUT2D eigenvalue weighted by molar-refractivity contribution is -0.142. The summed E-state index contributed by atoms with van der Waals surface area (Å²) in [5.41, 5.74) is -0.456. The summed E-state index contributed by atoms with van der Waals surface area (Å²) < 4.78 is 0. The summed E-state index contributed by atoms with van der Waals surface area (Å²) in [6, 6.07) is 2.27. The first-order valence-corrected chi connectivity index (χ1v) is 6.31. The van der Waals surface area contributed by atoms with Gasteiger partial charge in [0, 0.05) is 12.6 Å². The maximum absolute atomic E-state index is 12.4. The second-order valence-electron chi connectivity index (χ2n) is 5.79. The molecule has 2 rings (SSSR count). The summed E-state index contributed by atoms with van der Waals surface area (Å²) in [6.07, 6.45) is 2.26. The average Bonchev–Trinajstić information content (AvgIpc) is 3.14. The monoisotopic (exact) mass is 250 g/mol. The molecule has 2 fully saturated rings. The van der Waals surface area contributed by atoms with Gasteiger partial charge in [-0.2, -0.15) is 5.26 Å². The fraction of sp³-hybridized carbons (Fsp3) is 0.769. The molecule has 2 aliphatic rings. The highest BCUT2D eigenvalue weighted by atomic mass is 16.4. The number of carbonyl (C=O) groups is 2. The first kappa shape index (κ1) is 12.9. The lowest BCUT2D eigenvalue weighted by Gasteiger charge is -2.22. The van der Waals surface area contributed by atoms with E-state index in [4.69, 9.17) is 10.4 Å². The van der Waals surface area contributed by atoms with Gasteiger partial charge in [-0.1, -0.05) is 13.8 Å². The molecule has 2 aliphatic carbocycles. The molecule has 0 radical (unpaired) electrons. The Morgan fingerprint density at radius 1 is 1.39 bits per heavy atom. The minimum absolute atomic E-state index is 0.0786. The van der Waals surface area contributed by atoms with E-state index in [-0.39, 0.29) is 11.9 Å². The first-order chi connectivity index (χ1) is 8.41. The molecule has 0 aromatic rings. The molecule has 0 aromatic carbocycles. The number of carbonyl (C=O) groups excluding carboxylic acids is 1. The van der Waals surface area contributed by atoms with Crippen LogP contribution < -0.4 is 0 Å². The Morgan fingerprint density at radius 2 is 2.00 bits per heavy atom. The minimum Gasteiger partial charge on any atom is -0.481 e. The summed E-state index contributed by atoms with van der Waals surface area (Å²) in [4.78, 5) is 25.2. The molecule has 18 heavy (non-hydrogen) atoms. The van der Waals surface area contributed by atoms with Crippen LogP contribution in [0.15, 0.2) is 0 Å². The summed E-state index contributed by atoms with van der Waals surface area (Å²) in [6.45, 7) is 4.08. The summed E-state index contributed by atoms with van der Waals surface area (Å²) in [5, 5.41) is 17.7. The Labute approximate surface area is 106 Å². The molecular formula is C13H18N2O3. The van der Waals surface area contributed by atoms with Crippen molar-refractivity contribution in [2.45, 2.75) is 39.2 Å². The van der Waals surface area contributed by atoms with E-state index < -0.39 is 23.2 Å². The van der Waals surface area contributed by atoms with Crippen LogP contribution in [-0.4, -0.2) is 34.5 Å². The maximum Gasteiger partial charge on any atom is 0.307 e. The lowest BCUT2D eigenvalue weighted by Crippen LogP contribution is -2.36. The van der Waals surface area contributed by atoms with Gasteiger partial charge >= 0.3 is 5.97 Å². The van der Waals surface area contributed by atoms with Crippen molar-refractivity contribution in [3.05, 3.63) is 0 Å². The van der Waals surface area contributed by atoms with Crippen molar-refractivity contribution >= 4 is 11.9 Å². The van der Waals surface area contributed by atoms with Crippen molar-refractivity contribution in [1.29, 1.82) is 5.26 Å². The number of aliphatic carboxylic acids is 1. The van der Waals surface area contributed by atoms with Crippen molar-refractivity contribution in [2.75, 3.05) is 6.54 Å². The molecule has 5 heteroatoms. The number of nitrogens with zero attached hydrogens (tertiary/aromatic N) is 2. The highest BCUT2D eigenvalue weighted by molar-refractivity contribution is 5.92. The fourth-order valence-corrected chi connectivity index (χ4v) is 2.77. The third-order valence-corrected chi connectivity index (χ3v) is 4.09. The Morgan fingerprint density at radius 3 is 2.39 bits per heavy atom. The van der Waals surface area contributed by atoms with E-state index in [9.17, 15) is 9.59 Å². The highest BCUT2D eigenvalue weighted by Gasteiger charge is 2.67. The SMILES string of the molecule is CC1(C)C(C(=O)O)C1C(=O)N(CCC#N)C1CC1. The van der Waals surface area contributed by atoms with Gasteiger partial charge in [-0.25, -0.2) is 0 Å². The molecule has 0 heterocycles. The maximum atomic E-state index is 12.4. The highest BCUT2D eigenvalue weighted by Crippen LogP contribution is 2.59. The summed E-state index contributed by atoms with van der Waals surface area (Å²) in [5.74, 6) is -1.97. The number of nitriles is 1. The van der Waals surface area contributed by atoms with Gasteiger partial charge in [-0.05, 0) is 18.3 Å². The van der Waals surface area contributed by atoms with Crippen molar-refractivity contribution in [2.24, 2.45) is 17.3 Å². The molecular weight excluding hydrogens is 232 g/mol. The molecule has 1 N–H and O–H groups in total. The van der Waals surface area contributed by atoms with Gasteiger partial charge in [-0.3, -0.25) is 9.59 Å². The molecule has 2 unspecified atom stereocenters. The summed E-state index contributed by atoms with van der Waals surface area (Å²) in [7, 11) is 0. The molecule has 0 aromatic heterocycles. The van der Waals surface area contributed by atoms with E-state index in [2.05, 4.69) is 0 Å². The van der Waals surface area contributed by atoms with E-state index in [1.54, 1.807) is 4.90 Å². The summed E-state index contributed by atoms with van der Waals surface area (Å²) >= 11 is 0. The van der Waals surface area contributed by atoms with Crippen LogP contribution in [0, 0.1) is 28.6 Å². The number of hydrogen-bond acceptors (Lipinski definition) is 3. The molecule has 2 atom stereocenters. The Balaban J connectivity index is 2.06. The topological polar surface area (TPSA) is 81.4 Å². The number of hydrogen-bond donors (Lipinski definition) is 1. The fourth-order valence-electron chi connectivity index (χ4n) is 2.77.